The van der Waals surface area contributed by atoms with E-state index in [1.165, 1.54) is 11.0 Å². The molecular weight excluding hydrogens is 512 g/mol. The third-order valence-electron chi connectivity index (χ3n) is 8.56. The van der Waals surface area contributed by atoms with Crippen molar-refractivity contribution in [3.05, 3.63) is 48.2 Å². The number of hydrogen-bond acceptors (Lipinski definition) is 7. The van der Waals surface area contributed by atoms with E-state index in [9.17, 15) is 14.4 Å². The molecule has 1 fully saturated rings. The summed E-state index contributed by atoms with van der Waals surface area (Å²) in [7, 11) is -0.584. The third kappa shape index (κ3) is 5.39. The summed E-state index contributed by atoms with van der Waals surface area (Å²) in [4.78, 5) is 46.3. The van der Waals surface area contributed by atoms with Crippen molar-refractivity contribution >= 4 is 36.9 Å². The summed E-state index contributed by atoms with van der Waals surface area (Å²) < 4.78 is 17.3. The number of fused-ring (bicyclic) bond motifs is 2. The van der Waals surface area contributed by atoms with Crippen molar-refractivity contribution in [3.8, 4) is 5.75 Å². The molecule has 0 bridgehead atoms. The lowest BCUT2D eigenvalue weighted by atomic mass is 9.69. The maximum absolute atomic E-state index is 14.0. The fourth-order valence-electron chi connectivity index (χ4n) is 5.50. The van der Waals surface area contributed by atoms with Crippen LogP contribution in [-0.4, -0.2) is 68.3 Å². The zero-order chi connectivity index (χ0) is 28.7. The quantitative estimate of drug-likeness (QED) is 0.188. The Morgan fingerprint density at radius 1 is 1.28 bits per heavy atom. The number of carbonyl (C=O) groups is 3. The average molecular weight is 553 g/mol. The molecule has 0 saturated carbocycles. The first-order valence-electron chi connectivity index (χ1n) is 13.6. The number of esters is 1. The van der Waals surface area contributed by atoms with Gasteiger partial charge in [0.05, 0.1) is 30.9 Å². The Morgan fingerprint density at radius 2 is 2.00 bits per heavy atom. The van der Waals surface area contributed by atoms with Crippen molar-refractivity contribution in [2.45, 2.75) is 70.8 Å². The van der Waals surface area contributed by atoms with Crippen molar-refractivity contribution in [2.24, 2.45) is 11.8 Å². The number of pyridine rings is 1. The number of aryl methyl sites for hydroxylation is 1. The molecule has 9 heteroatoms. The van der Waals surface area contributed by atoms with Crippen LogP contribution >= 0.6 is 0 Å². The molecule has 1 aliphatic carbocycles. The zero-order valence-corrected chi connectivity index (χ0v) is 25.1. The van der Waals surface area contributed by atoms with Gasteiger partial charge in [-0.3, -0.25) is 14.4 Å². The maximum atomic E-state index is 14.0. The van der Waals surface area contributed by atoms with E-state index in [1.54, 1.807) is 7.11 Å². The predicted octanol–water partition coefficient (Wildman–Crippen LogP) is 4.96. The molecular formula is C30H40N2O6Si. The summed E-state index contributed by atoms with van der Waals surface area (Å²) in [5.74, 6) is -1.08. The Balaban J connectivity index is 1.67. The van der Waals surface area contributed by atoms with Crippen LogP contribution in [0.1, 0.15) is 50.2 Å². The molecule has 1 aromatic heterocycles. The van der Waals surface area contributed by atoms with Gasteiger partial charge in [0.2, 0.25) is 5.91 Å². The van der Waals surface area contributed by atoms with Crippen LogP contribution < -0.4 is 4.74 Å². The first kappa shape index (κ1) is 29.0. The van der Waals surface area contributed by atoms with Gasteiger partial charge in [0.25, 0.3) is 0 Å². The van der Waals surface area contributed by atoms with Crippen LogP contribution in [0.2, 0.25) is 18.1 Å². The Hall–Kier alpha value is -3.04. The van der Waals surface area contributed by atoms with Crippen LogP contribution in [-0.2, 0) is 25.2 Å². The molecule has 39 heavy (non-hydrogen) atoms. The molecule has 0 unspecified atom stereocenters. The standard InChI is InChI=1S/C30H40N2O6Si/c1-9-15-37-24(33)17-32-27(25(29(32)35)18(2)38-39(7,8)30(3,4)5)20-13-14-22-21(28(20)34)16-19-11-10-12-23(36-6)26(19)31-22/h9-12,16,18,20,25,27H,1,13-15,17H2,2-8H3/t18-,20-,25-,27-/m1/s1. The Morgan fingerprint density at radius 3 is 2.64 bits per heavy atom. The minimum Gasteiger partial charge on any atom is -0.494 e. The molecule has 1 aromatic carbocycles. The lowest BCUT2D eigenvalue weighted by Gasteiger charge is -2.53. The predicted molar refractivity (Wildman–Crippen MR) is 152 cm³/mol. The molecule has 1 amide bonds. The number of hydrogen-bond donors (Lipinski definition) is 0. The van der Waals surface area contributed by atoms with Gasteiger partial charge in [0, 0.05) is 16.9 Å². The minimum atomic E-state index is -2.19. The highest BCUT2D eigenvalue weighted by atomic mass is 28.4. The first-order valence-corrected chi connectivity index (χ1v) is 16.5. The number of aromatic nitrogens is 1. The van der Waals surface area contributed by atoms with Crippen molar-refractivity contribution in [2.75, 3.05) is 20.3 Å². The van der Waals surface area contributed by atoms with Crippen LogP contribution in [0.25, 0.3) is 10.9 Å². The van der Waals surface area contributed by atoms with E-state index in [0.717, 1.165) is 16.6 Å². The number of para-hydroxylation sites is 1. The van der Waals surface area contributed by atoms with Crippen molar-refractivity contribution in [1.29, 1.82) is 0 Å². The second-order valence-electron chi connectivity index (χ2n) is 12.1. The number of benzene rings is 1. The number of Topliss-reactive ketones (excluding diaryl/α,β-unsaturated/α-hetero) is 1. The number of methoxy groups -OCH3 is 1. The Labute approximate surface area is 231 Å². The van der Waals surface area contributed by atoms with E-state index in [1.807, 2.05) is 31.2 Å². The van der Waals surface area contributed by atoms with Crippen molar-refractivity contribution in [3.63, 3.8) is 0 Å². The maximum Gasteiger partial charge on any atom is 0.325 e. The van der Waals surface area contributed by atoms with Gasteiger partial charge in [-0.2, -0.15) is 0 Å². The monoisotopic (exact) mass is 552 g/mol. The van der Waals surface area contributed by atoms with Gasteiger partial charge in [-0.05, 0) is 50.0 Å². The number of rotatable bonds is 9. The molecule has 1 aliphatic heterocycles. The highest BCUT2D eigenvalue weighted by Gasteiger charge is 2.57. The molecule has 4 atom stereocenters. The Bertz CT molecular complexity index is 1300. The molecule has 4 rings (SSSR count). The second-order valence-corrected chi connectivity index (χ2v) is 16.8. The second kappa shape index (κ2) is 10.8. The fraction of sp³-hybridized carbons (Fsp3) is 0.533. The number of ether oxygens (including phenoxy) is 2. The van der Waals surface area contributed by atoms with Gasteiger partial charge < -0.3 is 18.8 Å². The van der Waals surface area contributed by atoms with Gasteiger partial charge in [0.15, 0.2) is 14.1 Å². The van der Waals surface area contributed by atoms with Crippen LogP contribution in [0.4, 0.5) is 0 Å². The largest absolute Gasteiger partial charge is 0.494 e. The molecule has 1 saturated heterocycles. The first-order chi connectivity index (χ1) is 18.3. The number of carbonyl (C=O) groups excluding carboxylic acids is 3. The Kier molecular flexibility index (Phi) is 8.05. The van der Waals surface area contributed by atoms with Gasteiger partial charge >= 0.3 is 5.97 Å². The minimum absolute atomic E-state index is 0.0366. The van der Waals surface area contributed by atoms with Gasteiger partial charge in [0.1, 0.15) is 24.4 Å². The van der Waals surface area contributed by atoms with Gasteiger partial charge in [-0.25, -0.2) is 4.98 Å². The summed E-state index contributed by atoms with van der Waals surface area (Å²) in [6.45, 7) is 16.1. The lowest BCUT2D eigenvalue weighted by molar-refractivity contribution is -0.173. The van der Waals surface area contributed by atoms with Crippen LogP contribution in [0.3, 0.4) is 0 Å². The number of amides is 1. The normalized spacial score (nSPS) is 22.2. The van der Waals surface area contributed by atoms with E-state index in [4.69, 9.17) is 18.9 Å². The van der Waals surface area contributed by atoms with Crippen LogP contribution in [0.5, 0.6) is 5.75 Å². The molecule has 210 valence electrons. The summed E-state index contributed by atoms with van der Waals surface area (Å²) >= 11 is 0. The van der Waals surface area contributed by atoms with E-state index >= 15 is 0 Å². The summed E-state index contributed by atoms with van der Waals surface area (Å²) in [5, 5.41) is 0.785. The third-order valence-corrected chi connectivity index (χ3v) is 13.1. The van der Waals surface area contributed by atoms with Gasteiger partial charge in [-0.15, -0.1) is 0 Å². The topological polar surface area (TPSA) is 95.0 Å². The van der Waals surface area contributed by atoms with E-state index in [-0.39, 0.29) is 29.9 Å². The smallest absolute Gasteiger partial charge is 0.325 e. The zero-order valence-electron chi connectivity index (χ0n) is 24.1. The lowest BCUT2D eigenvalue weighted by Crippen LogP contribution is -2.70. The molecule has 0 radical (unpaired) electrons. The molecule has 0 spiro atoms. The summed E-state index contributed by atoms with van der Waals surface area (Å²) in [5.41, 5.74) is 2.03. The molecule has 2 aromatic rings. The summed E-state index contributed by atoms with van der Waals surface area (Å²) in [6, 6.07) is 7.05. The SMILES string of the molecule is C=CCOC(=O)CN1C(=O)[C@H]([C@@H](C)O[Si](C)(C)C(C)(C)C)[C@H]1[C@H]1CCc2nc3c(OC)cccc3cc2C1=O. The van der Waals surface area contributed by atoms with Crippen LogP contribution in [0, 0.1) is 11.8 Å². The van der Waals surface area contributed by atoms with Crippen LogP contribution in [0.15, 0.2) is 36.9 Å². The summed E-state index contributed by atoms with van der Waals surface area (Å²) in [6.07, 6.45) is 2.21. The van der Waals surface area contributed by atoms with E-state index < -0.39 is 38.3 Å². The number of β-lactam (4-membered cyclic amide) rings is 1. The van der Waals surface area contributed by atoms with E-state index in [2.05, 4.69) is 40.4 Å². The van der Waals surface area contributed by atoms with Crippen molar-refractivity contribution in [1.82, 2.24) is 9.88 Å². The molecule has 2 aliphatic rings. The van der Waals surface area contributed by atoms with Gasteiger partial charge in [-0.1, -0.05) is 45.6 Å². The number of likely N-dealkylation sites (tertiary alicyclic amines) is 1. The van der Waals surface area contributed by atoms with E-state index in [0.29, 0.717) is 24.2 Å². The molecule has 8 nitrogen and oxygen atoms in total. The molecule has 2 heterocycles. The van der Waals surface area contributed by atoms with Crippen molar-refractivity contribution < 1.29 is 28.3 Å². The highest BCUT2D eigenvalue weighted by Crippen LogP contribution is 2.44. The molecule has 0 N–H and O–H groups in total. The number of ketones is 1. The fourth-order valence-corrected chi connectivity index (χ4v) is 6.93. The number of nitrogens with zero attached hydrogens (tertiary/aromatic N) is 2. The average Bonchev–Trinajstić information content (AvgIpc) is 2.87. The highest BCUT2D eigenvalue weighted by molar-refractivity contribution is 6.74.